The van der Waals surface area contributed by atoms with Crippen molar-refractivity contribution in [1.29, 1.82) is 0 Å². The van der Waals surface area contributed by atoms with E-state index in [1.807, 2.05) is 12.1 Å². The van der Waals surface area contributed by atoms with Crippen molar-refractivity contribution < 1.29 is 12.8 Å². The Balaban J connectivity index is 1.45. The van der Waals surface area contributed by atoms with Crippen LogP contribution in [0, 0.1) is 0 Å². The molecule has 0 unspecified atom stereocenters. The zero-order chi connectivity index (χ0) is 17.3. The van der Waals surface area contributed by atoms with Gasteiger partial charge in [-0.15, -0.1) is 10.2 Å². The zero-order valence-electron chi connectivity index (χ0n) is 13.3. The van der Waals surface area contributed by atoms with Crippen LogP contribution < -0.4 is 0 Å². The Hall–Kier alpha value is -2.10. The van der Waals surface area contributed by atoms with Crippen LogP contribution in [-0.2, 0) is 10.0 Å². The van der Waals surface area contributed by atoms with Crippen LogP contribution in [-0.4, -0.2) is 41.0 Å². The SMILES string of the molecule is O=S(=O)(c1cccnc1)N1CCC(c2nnc(-c3ccco3)s2)CC1. The zero-order valence-corrected chi connectivity index (χ0v) is 14.9. The summed E-state index contributed by atoms with van der Waals surface area (Å²) in [6.07, 6.45) is 6.02. The molecule has 0 atom stereocenters. The third-order valence-corrected chi connectivity index (χ3v) is 7.23. The third kappa shape index (κ3) is 3.22. The molecular weight excluding hydrogens is 360 g/mol. The second kappa shape index (κ2) is 6.66. The van der Waals surface area contributed by atoms with Gasteiger partial charge in [0.25, 0.3) is 0 Å². The van der Waals surface area contributed by atoms with Crippen LogP contribution in [0.1, 0.15) is 23.8 Å². The van der Waals surface area contributed by atoms with Crippen molar-refractivity contribution in [2.24, 2.45) is 0 Å². The Morgan fingerprint density at radius 3 is 2.68 bits per heavy atom. The molecule has 130 valence electrons. The summed E-state index contributed by atoms with van der Waals surface area (Å²) in [7, 11) is -3.47. The predicted molar refractivity (Wildman–Crippen MR) is 92.6 cm³/mol. The molecule has 0 aromatic carbocycles. The molecule has 1 fully saturated rings. The minimum Gasteiger partial charge on any atom is -0.462 e. The summed E-state index contributed by atoms with van der Waals surface area (Å²) in [5.74, 6) is 0.932. The van der Waals surface area contributed by atoms with E-state index in [0.29, 0.717) is 18.8 Å². The van der Waals surface area contributed by atoms with Crippen molar-refractivity contribution in [2.45, 2.75) is 23.7 Å². The highest BCUT2D eigenvalue weighted by molar-refractivity contribution is 7.89. The maximum absolute atomic E-state index is 12.6. The molecule has 3 aromatic rings. The number of nitrogens with zero attached hydrogens (tertiary/aromatic N) is 4. The Kier molecular flexibility index (Phi) is 4.36. The molecular formula is C16H16N4O3S2. The highest BCUT2D eigenvalue weighted by Gasteiger charge is 2.31. The number of aromatic nitrogens is 3. The predicted octanol–water partition coefficient (Wildman–Crippen LogP) is 2.76. The molecule has 25 heavy (non-hydrogen) atoms. The first-order valence-corrected chi connectivity index (χ1v) is 10.2. The van der Waals surface area contributed by atoms with Crippen LogP contribution in [0.3, 0.4) is 0 Å². The topological polar surface area (TPSA) is 89.2 Å². The fraction of sp³-hybridized carbons (Fsp3) is 0.312. The molecule has 4 rings (SSSR count). The quantitative estimate of drug-likeness (QED) is 0.695. The molecule has 1 saturated heterocycles. The van der Waals surface area contributed by atoms with Gasteiger partial charge in [-0.2, -0.15) is 4.31 Å². The monoisotopic (exact) mass is 376 g/mol. The number of sulfonamides is 1. The lowest BCUT2D eigenvalue weighted by Crippen LogP contribution is -2.37. The number of hydrogen-bond acceptors (Lipinski definition) is 7. The molecule has 1 aliphatic rings. The lowest BCUT2D eigenvalue weighted by Gasteiger charge is -2.29. The molecule has 0 aliphatic carbocycles. The number of rotatable bonds is 4. The highest BCUT2D eigenvalue weighted by atomic mass is 32.2. The molecule has 4 heterocycles. The third-order valence-electron chi connectivity index (χ3n) is 4.25. The van der Waals surface area contributed by atoms with Crippen LogP contribution >= 0.6 is 11.3 Å². The van der Waals surface area contributed by atoms with Crippen molar-refractivity contribution in [1.82, 2.24) is 19.5 Å². The Labute approximate surface area is 149 Å². The van der Waals surface area contributed by atoms with Crippen LogP contribution in [0.25, 0.3) is 10.8 Å². The first kappa shape index (κ1) is 16.4. The number of hydrogen-bond donors (Lipinski definition) is 0. The lowest BCUT2D eigenvalue weighted by molar-refractivity contribution is 0.318. The molecule has 9 heteroatoms. The second-order valence-electron chi connectivity index (χ2n) is 5.79. The van der Waals surface area contributed by atoms with Gasteiger partial charge in [0.1, 0.15) is 9.90 Å². The van der Waals surface area contributed by atoms with Gasteiger partial charge < -0.3 is 4.42 Å². The van der Waals surface area contributed by atoms with Crippen molar-refractivity contribution in [3.63, 3.8) is 0 Å². The van der Waals surface area contributed by atoms with Crippen molar-refractivity contribution in [3.8, 4) is 10.8 Å². The molecule has 0 spiro atoms. The maximum atomic E-state index is 12.6. The van der Waals surface area contributed by atoms with Gasteiger partial charge >= 0.3 is 0 Å². The van der Waals surface area contributed by atoms with Gasteiger partial charge in [-0.3, -0.25) is 4.98 Å². The molecule has 7 nitrogen and oxygen atoms in total. The van der Waals surface area contributed by atoms with Gasteiger partial charge in [-0.25, -0.2) is 8.42 Å². The van der Waals surface area contributed by atoms with Gasteiger partial charge in [-0.05, 0) is 37.1 Å². The molecule has 0 bridgehead atoms. The summed E-state index contributed by atoms with van der Waals surface area (Å²) >= 11 is 1.51. The summed E-state index contributed by atoms with van der Waals surface area (Å²) < 4.78 is 32.1. The summed E-state index contributed by atoms with van der Waals surface area (Å²) in [5, 5.41) is 10.1. The van der Waals surface area contributed by atoms with E-state index in [-0.39, 0.29) is 10.8 Å². The Bertz CT molecular complexity index is 931. The van der Waals surface area contributed by atoms with Gasteiger partial charge in [-0.1, -0.05) is 11.3 Å². The van der Waals surface area contributed by atoms with Gasteiger partial charge in [0.15, 0.2) is 10.8 Å². The molecule has 0 saturated carbocycles. The second-order valence-corrected chi connectivity index (χ2v) is 8.74. The van der Waals surface area contributed by atoms with E-state index in [2.05, 4.69) is 15.2 Å². The summed E-state index contributed by atoms with van der Waals surface area (Å²) in [5.41, 5.74) is 0. The van der Waals surface area contributed by atoms with Crippen molar-refractivity contribution in [2.75, 3.05) is 13.1 Å². The fourth-order valence-electron chi connectivity index (χ4n) is 2.89. The first-order chi connectivity index (χ1) is 12.1. The minimum atomic E-state index is -3.47. The van der Waals surface area contributed by atoms with E-state index in [1.54, 1.807) is 24.6 Å². The number of pyridine rings is 1. The van der Waals surface area contributed by atoms with E-state index in [4.69, 9.17) is 4.42 Å². The smallest absolute Gasteiger partial charge is 0.244 e. The summed E-state index contributed by atoms with van der Waals surface area (Å²) in [6, 6.07) is 6.89. The summed E-state index contributed by atoms with van der Waals surface area (Å²) in [6.45, 7) is 0.940. The van der Waals surface area contributed by atoms with Crippen molar-refractivity contribution >= 4 is 21.4 Å². The average molecular weight is 376 g/mol. The van der Waals surface area contributed by atoms with Gasteiger partial charge in [0, 0.05) is 31.4 Å². The number of furan rings is 1. The molecule has 0 radical (unpaired) electrons. The van der Waals surface area contributed by atoms with E-state index < -0.39 is 10.0 Å². The Morgan fingerprint density at radius 2 is 2.00 bits per heavy atom. The molecule has 3 aromatic heterocycles. The minimum absolute atomic E-state index is 0.224. The molecule has 0 amide bonds. The van der Waals surface area contributed by atoms with Crippen LogP contribution in [0.5, 0.6) is 0 Å². The highest BCUT2D eigenvalue weighted by Crippen LogP contribution is 2.34. The maximum Gasteiger partial charge on any atom is 0.244 e. The van der Waals surface area contributed by atoms with Crippen molar-refractivity contribution in [3.05, 3.63) is 47.9 Å². The number of piperidine rings is 1. The first-order valence-electron chi connectivity index (χ1n) is 7.92. The van der Waals surface area contributed by atoms with Crippen LogP contribution in [0.15, 0.2) is 52.2 Å². The average Bonchev–Trinajstić information content (AvgIpc) is 3.34. The molecule has 0 N–H and O–H groups in total. The van der Waals surface area contributed by atoms with Crippen LogP contribution in [0.4, 0.5) is 0 Å². The summed E-state index contributed by atoms with van der Waals surface area (Å²) in [4.78, 5) is 4.14. The largest absolute Gasteiger partial charge is 0.462 e. The van der Waals surface area contributed by atoms with E-state index >= 15 is 0 Å². The van der Waals surface area contributed by atoms with Crippen LogP contribution in [0.2, 0.25) is 0 Å². The van der Waals surface area contributed by atoms with E-state index in [9.17, 15) is 8.42 Å². The normalized spacial score (nSPS) is 17.0. The Morgan fingerprint density at radius 1 is 1.16 bits per heavy atom. The van der Waals surface area contributed by atoms with Gasteiger partial charge in [0.2, 0.25) is 10.0 Å². The molecule has 1 aliphatic heterocycles. The fourth-order valence-corrected chi connectivity index (χ4v) is 5.31. The standard InChI is InChI=1S/C16H16N4O3S2/c21-25(22,13-3-1-7-17-11-13)20-8-5-12(6-9-20)15-18-19-16(24-15)14-4-2-10-23-14/h1-4,7,10-12H,5-6,8-9H2. The van der Waals surface area contributed by atoms with E-state index in [1.165, 1.54) is 21.8 Å². The van der Waals surface area contributed by atoms with Gasteiger partial charge in [0.05, 0.1) is 6.26 Å². The lowest BCUT2D eigenvalue weighted by atomic mass is 9.99. The van der Waals surface area contributed by atoms with E-state index in [0.717, 1.165) is 22.9 Å².